The molecule has 1 fully saturated rings. The molecule has 1 aliphatic carbocycles. The molecule has 1 aromatic rings. The predicted molar refractivity (Wildman–Crippen MR) is 131 cm³/mol. The molecular formula is C25H32N5O3+. The van der Waals surface area contributed by atoms with E-state index in [0.29, 0.717) is 24.5 Å². The van der Waals surface area contributed by atoms with Crippen molar-refractivity contribution >= 4 is 23.8 Å². The fourth-order valence-electron chi connectivity index (χ4n) is 3.94. The van der Waals surface area contributed by atoms with Crippen molar-refractivity contribution < 1.29 is 14.3 Å². The Morgan fingerprint density at radius 3 is 2.76 bits per heavy atom. The van der Waals surface area contributed by atoms with Gasteiger partial charge in [0.25, 0.3) is 5.91 Å². The summed E-state index contributed by atoms with van der Waals surface area (Å²) in [5.74, 6) is 1.61. The molecule has 1 atom stereocenters. The molecule has 2 N–H and O–H groups in total. The van der Waals surface area contributed by atoms with E-state index in [1.54, 1.807) is 7.11 Å². The third-order valence-corrected chi connectivity index (χ3v) is 5.94. The Morgan fingerprint density at radius 2 is 2.09 bits per heavy atom. The molecule has 4 rings (SSSR count). The maximum absolute atomic E-state index is 12.4. The Balaban J connectivity index is 1.24. The highest BCUT2D eigenvalue weighted by Crippen LogP contribution is 2.18. The number of amides is 1. The summed E-state index contributed by atoms with van der Waals surface area (Å²) in [4.78, 5) is 19.4. The highest BCUT2D eigenvalue weighted by Gasteiger charge is 2.21. The van der Waals surface area contributed by atoms with E-state index in [1.807, 2.05) is 36.6 Å². The number of nitrogens with one attached hydrogen (secondary N) is 2. The number of nitrogens with zero attached hydrogens (tertiary/aromatic N) is 3. The van der Waals surface area contributed by atoms with E-state index in [0.717, 1.165) is 57.3 Å². The maximum Gasteiger partial charge on any atom is 0.479 e. The zero-order valence-corrected chi connectivity index (χ0v) is 19.1. The molecule has 1 unspecified atom stereocenters. The van der Waals surface area contributed by atoms with Crippen LogP contribution < -0.4 is 20.0 Å². The van der Waals surface area contributed by atoms with E-state index in [9.17, 15) is 4.79 Å². The van der Waals surface area contributed by atoms with Crippen LogP contribution in [-0.4, -0.2) is 81.7 Å². The molecular weight excluding hydrogens is 418 g/mol. The van der Waals surface area contributed by atoms with E-state index >= 15 is 0 Å². The normalized spacial score (nSPS) is 21.8. The van der Waals surface area contributed by atoms with Gasteiger partial charge in [-0.25, -0.2) is 4.67 Å². The molecule has 2 aliphatic heterocycles. The third kappa shape index (κ3) is 6.65. The smallest absolute Gasteiger partial charge is 0.479 e. The summed E-state index contributed by atoms with van der Waals surface area (Å²) in [7, 11) is 1.66. The van der Waals surface area contributed by atoms with Crippen molar-refractivity contribution in [2.24, 2.45) is 4.99 Å². The van der Waals surface area contributed by atoms with Gasteiger partial charge in [-0.05, 0) is 42.8 Å². The van der Waals surface area contributed by atoms with Gasteiger partial charge in [0.15, 0.2) is 0 Å². The van der Waals surface area contributed by atoms with E-state index in [-0.39, 0.29) is 11.8 Å². The maximum atomic E-state index is 12.4. The number of morpholine rings is 1. The Morgan fingerprint density at radius 1 is 1.27 bits per heavy atom. The first-order valence-corrected chi connectivity index (χ1v) is 11.5. The minimum atomic E-state index is -0.0314. The van der Waals surface area contributed by atoms with Crippen molar-refractivity contribution in [3.05, 3.63) is 53.6 Å². The second-order valence-corrected chi connectivity index (χ2v) is 8.23. The molecule has 0 radical (unpaired) electrons. The highest BCUT2D eigenvalue weighted by atomic mass is 16.5. The topological polar surface area (TPSA) is 89.3 Å². The van der Waals surface area contributed by atoms with Gasteiger partial charge < -0.3 is 14.8 Å². The molecule has 33 heavy (non-hydrogen) atoms. The molecule has 1 aromatic carbocycles. The summed E-state index contributed by atoms with van der Waals surface area (Å²) < 4.78 is 15.1. The standard InChI is InChI=1S/C25H31N5O3/c1-32-23-9-5-19(6-10-23)21-17-27-25(28-18-21)29-22-7-3-20(4-8-22)24(31)26-11-2-12-30-13-15-33-16-14-30/h3-7,9-10,17,21H,2,8,11-16,18H2,1H3,(H,26,31)/p+1. The lowest BCUT2D eigenvalue weighted by atomic mass is 10.00. The van der Waals surface area contributed by atoms with Gasteiger partial charge in [0.2, 0.25) is 0 Å². The molecule has 1 saturated heterocycles. The van der Waals surface area contributed by atoms with Crippen molar-refractivity contribution in [3.63, 3.8) is 0 Å². The first-order chi connectivity index (χ1) is 16.2. The quantitative estimate of drug-likeness (QED) is 0.479. The van der Waals surface area contributed by atoms with Crippen LogP contribution in [0.5, 0.6) is 5.75 Å². The summed E-state index contributed by atoms with van der Waals surface area (Å²) in [5.41, 5.74) is 2.74. The van der Waals surface area contributed by atoms with Gasteiger partial charge >= 0.3 is 5.96 Å². The van der Waals surface area contributed by atoms with Crippen molar-refractivity contribution in [3.8, 4) is 5.75 Å². The van der Waals surface area contributed by atoms with Gasteiger partial charge in [0.1, 0.15) is 17.7 Å². The summed E-state index contributed by atoms with van der Waals surface area (Å²) in [6.45, 7) is 5.96. The van der Waals surface area contributed by atoms with Crippen LogP contribution in [0.25, 0.3) is 0 Å². The van der Waals surface area contributed by atoms with E-state index in [4.69, 9.17) is 9.47 Å². The fraction of sp³-hybridized carbons (Fsp3) is 0.440. The Kier molecular flexibility index (Phi) is 8.09. The van der Waals surface area contributed by atoms with E-state index in [2.05, 4.69) is 37.3 Å². The van der Waals surface area contributed by atoms with Crippen molar-refractivity contribution in [2.75, 3.05) is 53.0 Å². The van der Waals surface area contributed by atoms with E-state index < -0.39 is 0 Å². The zero-order valence-electron chi connectivity index (χ0n) is 19.1. The lowest BCUT2D eigenvalue weighted by Crippen LogP contribution is -2.38. The van der Waals surface area contributed by atoms with Crippen LogP contribution in [0.2, 0.25) is 0 Å². The van der Waals surface area contributed by atoms with Crippen LogP contribution in [-0.2, 0) is 9.53 Å². The number of carbonyl (C=O) groups excluding carboxylic acids is 1. The number of hydrogen-bond acceptors (Lipinski definition) is 6. The van der Waals surface area contributed by atoms with Gasteiger partial charge in [-0.1, -0.05) is 23.2 Å². The van der Waals surface area contributed by atoms with Crippen molar-refractivity contribution in [1.82, 2.24) is 20.2 Å². The minimum absolute atomic E-state index is 0.0314. The third-order valence-electron chi connectivity index (χ3n) is 5.94. The summed E-state index contributed by atoms with van der Waals surface area (Å²) in [6.07, 6.45) is 9.11. The molecule has 1 amide bonds. The number of benzene rings is 1. The van der Waals surface area contributed by atoms with Gasteiger partial charge in [-0.15, -0.1) is 0 Å². The lowest BCUT2D eigenvalue weighted by Gasteiger charge is -2.26. The number of hydrogen-bond donors (Lipinski definition) is 2. The van der Waals surface area contributed by atoms with Crippen LogP contribution in [0.3, 0.4) is 0 Å². The number of aliphatic imine (C=N–C) groups is 1. The molecule has 8 nitrogen and oxygen atoms in total. The molecule has 0 aromatic heterocycles. The molecule has 0 bridgehead atoms. The molecule has 8 heteroatoms. The van der Waals surface area contributed by atoms with Gasteiger partial charge in [0.05, 0.1) is 32.8 Å². The first-order valence-electron chi connectivity index (χ1n) is 11.5. The summed E-state index contributed by atoms with van der Waals surface area (Å²) in [5, 5.41) is 6.30. The Hall–Kier alpha value is -3.19. The van der Waals surface area contributed by atoms with Crippen molar-refractivity contribution in [2.45, 2.75) is 18.8 Å². The number of allylic oxidation sites excluding steroid dienone is 2. The van der Waals surface area contributed by atoms with Crippen LogP contribution in [0, 0.1) is 0 Å². The monoisotopic (exact) mass is 450 g/mol. The highest BCUT2D eigenvalue weighted by molar-refractivity contribution is 6.08. The largest absolute Gasteiger partial charge is 0.497 e. The molecule has 0 spiro atoms. The number of ether oxygens (including phenoxy) is 2. The number of rotatable bonds is 7. The fourth-order valence-corrected chi connectivity index (χ4v) is 3.94. The number of methoxy groups -OCH3 is 1. The SMILES string of the molecule is COc1ccc(C2C=[N+]=C(N=C3C=CC(C(=O)NCCCN4CCOCC4)=CC3)NC2)cc1. The molecule has 2 heterocycles. The first kappa shape index (κ1) is 23.0. The summed E-state index contributed by atoms with van der Waals surface area (Å²) in [6, 6.07) is 8.02. The summed E-state index contributed by atoms with van der Waals surface area (Å²) >= 11 is 0. The van der Waals surface area contributed by atoms with Gasteiger partial charge in [-0.2, -0.15) is 0 Å². The van der Waals surface area contributed by atoms with Crippen LogP contribution >= 0.6 is 0 Å². The Bertz CT molecular complexity index is 984. The van der Waals surface area contributed by atoms with Crippen molar-refractivity contribution in [1.29, 1.82) is 0 Å². The predicted octanol–water partition coefficient (Wildman–Crippen LogP) is 1.04. The van der Waals surface area contributed by atoms with Crippen LogP contribution in [0.1, 0.15) is 24.3 Å². The zero-order chi connectivity index (χ0) is 22.9. The van der Waals surface area contributed by atoms with Gasteiger partial charge in [0, 0.05) is 31.6 Å². The molecule has 0 saturated carbocycles. The van der Waals surface area contributed by atoms with E-state index in [1.165, 1.54) is 5.56 Å². The van der Waals surface area contributed by atoms with Crippen LogP contribution in [0.15, 0.2) is 53.1 Å². The average Bonchev–Trinajstić information content (AvgIpc) is 2.88. The minimum Gasteiger partial charge on any atom is -0.497 e. The second kappa shape index (κ2) is 11.6. The van der Waals surface area contributed by atoms with Crippen LogP contribution in [0.4, 0.5) is 0 Å². The molecule has 174 valence electrons. The number of carbonyl (C=O) groups is 1. The second-order valence-electron chi connectivity index (χ2n) is 8.23. The average molecular weight is 451 g/mol. The lowest BCUT2D eigenvalue weighted by molar-refractivity contribution is -0.117. The molecule has 3 aliphatic rings. The van der Waals surface area contributed by atoms with Gasteiger partial charge in [-0.3, -0.25) is 15.0 Å². The number of guanidine groups is 1. The Labute approximate surface area is 194 Å².